The third-order valence-electron chi connectivity index (χ3n) is 2.89. The van der Waals surface area contributed by atoms with Crippen LogP contribution in [0.15, 0.2) is 42.7 Å². The Morgan fingerprint density at radius 2 is 1.95 bits per heavy atom. The Labute approximate surface area is 123 Å². The van der Waals surface area contributed by atoms with Gasteiger partial charge in [-0.1, -0.05) is 43.1 Å². The normalized spacial score (nSPS) is 10.3. The second-order valence-corrected chi connectivity index (χ2v) is 4.76. The Hall–Kier alpha value is -1.94. The van der Waals surface area contributed by atoms with Crippen molar-refractivity contribution in [3.63, 3.8) is 0 Å². The molecular weight excluding hydrogens is 274 g/mol. The Kier molecular flexibility index (Phi) is 5.07. The Morgan fingerprint density at radius 3 is 2.55 bits per heavy atom. The molecule has 0 unspecified atom stereocenters. The average molecular weight is 290 g/mol. The van der Waals surface area contributed by atoms with Crippen LogP contribution in [0.2, 0.25) is 5.15 Å². The lowest BCUT2D eigenvalue weighted by molar-refractivity contribution is 0.0981. The molecule has 0 radical (unpaired) electrons. The van der Waals surface area contributed by atoms with E-state index in [1.165, 1.54) is 12.4 Å². The molecule has 5 heteroatoms. The maximum Gasteiger partial charge on any atom is 0.278 e. The van der Waals surface area contributed by atoms with Crippen LogP contribution in [-0.2, 0) is 0 Å². The molecule has 0 N–H and O–H groups in total. The molecule has 20 heavy (non-hydrogen) atoms. The Morgan fingerprint density at radius 1 is 1.20 bits per heavy atom. The molecule has 0 saturated heterocycles. The van der Waals surface area contributed by atoms with Crippen LogP contribution in [0.3, 0.4) is 0 Å². The van der Waals surface area contributed by atoms with Gasteiger partial charge in [-0.15, -0.1) is 0 Å². The maximum atomic E-state index is 12.5. The van der Waals surface area contributed by atoms with E-state index in [4.69, 9.17) is 11.6 Å². The summed E-state index contributed by atoms with van der Waals surface area (Å²) in [6.07, 6.45) is 4.74. The molecule has 2 rings (SSSR count). The minimum atomic E-state index is -0.159. The fraction of sp³-hybridized carbons (Fsp3) is 0.267. The zero-order valence-corrected chi connectivity index (χ0v) is 12.0. The first kappa shape index (κ1) is 14.5. The molecule has 0 spiro atoms. The molecule has 104 valence electrons. The van der Waals surface area contributed by atoms with Crippen molar-refractivity contribution in [2.24, 2.45) is 0 Å². The fourth-order valence-electron chi connectivity index (χ4n) is 1.83. The SMILES string of the molecule is CCCCN(C(=O)c1cnc(Cl)cn1)c1ccccc1. The van der Waals surface area contributed by atoms with Gasteiger partial charge >= 0.3 is 0 Å². The van der Waals surface area contributed by atoms with Gasteiger partial charge in [-0.05, 0) is 18.6 Å². The molecule has 0 bridgehead atoms. The van der Waals surface area contributed by atoms with E-state index in [9.17, 15) is 4.79 Å². The highest BCUT2D eigenvalue weighted by atomic mass is 35.5. The van der Waals surface area contributed by atoms with E-state index < -0.39 is 0 Å². The average Bonchev–Trinajstić information content (AvgIpc) is 2.49. The minimum absolute atomic E-state index is 0.159. The van der Waals surface area contributed by atoms with Crippen LogP contribution in [0, 0.1) is 0 Å². The van der Waals surface area contributed by atoms with Gasteiger partial charge in [-0.3, -0.25) is 4.79 Å². The van der Waals surface area contributed by atoms with Gasteiger partial charge < -0.3 is 4.90 Å². The van der Waals surface area contributed by atoms with Crippen LogP contribution in [-0.4, -0.2) is 22.4 Å². The first-order chi connectivity index (χ1) is 9.72. The van der Waals surface area contributed by atoms with Crippen LogP contribution >= 0.6 is 11.6 Å². The molecule has 1 heterocycles. The Bertz CT molecular complexity index is 557. The van der Waals surface area contributed by atoms with Gasteiger partial charge in [0.2, 0.25) is 0 Å². The van der Waals surface area contributed by atoms with Gasteiger partial charge in [-0.2, -0.15) is 0 Å². The van der Waals surface area contributed by atoms with Gasteiger partial charge in [0, 0.05) is 12.2 Å². The third-order valence-corrected chi connectivity index (χ3v) is 3.08. The lowest BCUT2D eigenvalue weighted by Crippen LogP contribution is -2.32. The molecule has 4 nitrogen and oxygen atoms in total. The summed E-state index contributed by atoms with van der Waals surface area (Å²) in [5, 5.41) is 0.279. The molecular formula is C15H16ClN3O. The predicted molar refractivity (Wildman–Crippen MR) is 80.1 cm³/mol. The monoisotopic (exact) mass is 289 g/mol. The van der Waals surface area contributed by atoms with Crippen LogP contribution in [0.5, 0.6) is 0 Å². The number of amides is 1. The maximum absolute atomic E-state index is 12.5. The van der Waals surface area contributed by atoms with Crippen LogP contribution in [0.1, 0.15) is 30.3 Å². The molecule has 2 aromatic rings. The first-order valence-corrected chi connectivity index (χ1v) is 6.94. The predicted octanol–water partition coefficient (Wildman–Crippen LogP) is 3.58. The number of aromatic nitrogens is 2. The van der Waals surface area contributed by atoms with Gasteiger partial charge in [0.15, 0.2) is 0 Å². The van der Waals surface area contributed by atoms with E-state index >= 15 is 0 Å². The molecule has 0 fully saturated rings. The number of hydrogen-bond acceptors (Lipinski definition) is 3. The van der Waals surface area contributed by atoms with Gasteiger partial charge in [0.1, 0.15) is 10.8 Å². The number of anilines is 1. The molecule has 0 saturated carbocycles. The number of nitrogens with zero attached hydrogens (tertiary/aromatic N) is 3. The number of unbranched alkanes of at least 4 members (excludes halogenated alkanes) is 1. The lowest BCUT2D eigenvalue weighted by Gasteiger charge is -2.22. The van der Waals surface area contributed by atoms with Crippen molar-refractivity contribution in [1.82, 2.24) is 9.97 Å². The molecule has 0 aliphatic rings. The number of carbonyl (C=O) groups excluding carboxylic acids is 1. The van der Waals surface area contributed by atoms with E-state index in [-0.39, 0.29) is 11.1 Å². The minimum Gasteiger partial charge on any atom is -0.307 e. The molecule has 0 aliphatic carbocycles. The van der Waals surface area contributed by atoms with E-state index in [0.29, 0.717) is 12.2 Å². The zero-order chi connectivity index (χ0) is 14.4. The summed E-state index contributed by atoms with van der Waals surface area (Å²) in [6, 6.07) is 9.58. The first-order valence-electron chi connectivity index (χ1n) is 6.57. The number of para-hydroxylation sites is 1. The topological polar surface area (TPSA) is 46.1 Å². The van der Waals surface area contributed by atoms with Crippen molar-refractivity contribution in [3.05, 3.63) is 53.6 Å². The van der Waals surface area contributed by atoms with Gasteiger partial charge in [-0.25, -0.2) is 9.97 Å². The fourth-order valence-corrected chi connectivity index (χ4v) is 1.93. The van der Waals surface area contributed by atoms with Crippen molar-refractivity contribution < 1.29 is 4.79 Å². The largest absolute Gasteiger partial charge is 0.307 e. The molecule has 1 amide bonds. The summed E-state index contributed by atoms with van der Waals surface area (Å²) >= 11 is 5.70. The highest BCUT2D eigenvalue weighted by molar-refractivity contribution is 6.29. The van der Waals surface area contributed by atoms with E-state index in [2.05, 4.69) is 16.9 Å². The number of halogens is 1. The number of rotatable bonds is 5. The molecule has 1 aromatic heterocycles. The van der Waals surface area contributed by atoms with Gasteiger partial charge in [0.05, 0.1) is 12.4 Å². The zero-order valence-electron chi connectivity index (χ0n) is 11.3. The van der Waals surface area contributed by atoms with Crippen LogP contribution < -0.4 is 4.90 Å². The smallest absolute Gasteiger partial charge is 0.278 e. The summed E-state index contributed by atoms with van der Waals surface area (Å²) in [5.74, 6) is -0.159. The van der Waals surface area contributed by atoms with E-state index in [1.54, 1.807) is 4.90 Å². The van der Waals surface area contributed by atoms with Crippen LogP contribution in [0.4, 0.5) is 5.69 Å². The van der Waals surface area contributed by atoms with Crippen molar-refractivity contribution in [3.8, 4) is 0 Å². The molecule has 0 aliphatic heterocycles. The van der Waals surface area contributed by atoms with Gasteiger partial charge in [0.25, 0.3) is 5.91 Å². The summed E-state index contributed by atoms with van der Waals surface area (Å²) in [5.41, 5.74) is 1.16. The van der Waals surface area contributed by atoms with E-state index in [1.807, 2.05) is 30.3 Å². The lowest BCUT2D eigenvalue weighted by atomic mass is 10.2. The highest BCUT2D eigenvalue weighted by Crippen LogP contribution is 2.17. The second-order valence-electron chi connectivity index (χ2n) is 4.37. The van der Waals surface area contributed by atoms with E-state index in [0.717, 1.165) is 18.5 Å². The third kappa shape index (κ3) is 3.54. The highest BCUT2D eigenvalue weighted by Gasteiger charge is 2.18. The summed E-state index contributed by atoms with van der Waals surface area (Å²) in [6.45, 7) is 2.75. The summed E-state index contributed by atoms with van der Waals surface area (Å²) < 4.78 is 0. The number of hydrogen-bond donors (Lipinski definition) is 0. The standard InChI is InChI=1S/C15H16ClN3O/c1-2-3-9-19(12-7-5-4-6-8-12)15(20)13-10-18-14(16)11-17-13/h4-8,10-11H,2-3,9H2,1H3. The van der Waals surface area contributed by atoms with Crippen LogP contribution in [0.25, 0.3) is 0 Å². The Balaban J connectivity index is 2.26. The van der Waals surface area contributed by atoms with Crippen molar-refractivity contribution in [2.45, 2.75) is 19.8 Å². The summed E-state index contributed by atoms with van der Waals surface area (Å²) in [4.78, 5) is 22.2. The van der Waals surface area contributed by atoms with Crippen molar-refractivity contribution >= 4 is 23.2 Å². The molecule has 1 aromatic carbocycles. The molecule has 0 atom stereocenters. The quantitative estimate of drug-likeness (QED) is 0.845. The second kappa shape index (κ2) is 7.01. The summed E-state index contributed by atoms with van der Waals surface area (Å²) in [7, 11) is 0. The number of carbonyl (C=O) groups is 1. The van der Waals surface area contributed by atoms with Crippen molar-refractivity contribution in [2.75, 3.05) is 11.4 Å². The van der Waals surface area contributed by atoms with Crippen molar-refractivity contribution in [1.29, 1.82) is 0 Å². The number of benzene rings is 1.